The second-order valence-corrected chi connectivity index (χ2v) is 15.1. The van der Waals surface area contributed by atoms with Crippen LogP contribution in [0, 0.1) is 0 Å². The van der Waals surface area contributed by atoms with Gasteiger partial charge in [-0.25, -0.2) is 0 Å². The molecule has 0 unspecified atom stereocenters. The van der Waals surface area contributed by atoms with Gasteiger partial charge in [0.2, 0.25) is 0 Å². The molecule has 0 fully saturated rings. The smallest absolute Gasteiger partial charge is 0.0352 e. The Hall–Kier alpha value is -6.57. The number of hydrogen-bond acceptors (Lipinski definition) is 1. The zero-order valence-electron chi connectivity index (χ0n) is 29.7. The molecule has 9 aromatic carbocycles. The second-order valence-electron chi connectivity index (χ2n) is 15.1. The third-order valence-corrected chi connectivity index (χ3v) is 11.9. The Morgan fingerprint density at radius 2 is 0.962 bits per heavy atom. The monoisotopic (exact) mass is 673 g/mol. The maximum absolute atomic E-state index is 4.68. The number of fused-ring (bicyclic) bond motifs is 8. The molecule has 248 valence electrons. The van der Waals surface area contributed by atoms with Crippen molar-refractivity contribution in [2.45, 2.75) is 19.3 Å². The van der Waals surface area contributed by atoms with Crippen molar-refractivity contribution < 1.29 is 0 Å². The van der Waals surface area contributed by atoms with E-state index in [1.807, 2.05) is 6.20 Å². The molecule has 1 heterocycles. The second kappa shape index (κ2) is 11.2. The van der Waals surface area contributed by atoms with Gasteiger partial charge in [-0.3, -0.25) is 4.98 Å². The average Bonchev–Trinajstić information content (AvgIpc) is 3.44. The van der Waals surface area contributed by atoms with Gasteiger partial charge in [0, 0.05) is 28.8 Å². The van der Waals surface area contributed by atoms with Crippen LogP contribution in [0.3, 0.4) is 0 Å². The fraction of sp³-hybridized carbons (Fsp3) is 0.0577. The molecule has 0 N–H and O–H groups in total. The summed E-state index contributed by atoms with van der Waals surface area (Å²) in [4.78, 5) is 4.68. The summed E-state index contributed by atoms with van der Waals surface area (Å²) in [6.07, 6.45) is 3.96. The first-order valence-electron chi connectivity index (χ1n) is 18.5. The zero-order chi connectivity index (χ0) is 35.3. The molecule has 11 rings (SSSR count). The van der Waals surface area contributed by atoms with E-state index in [1.165, 1.54) is 109 Å². The van der Waals surface area contributed by atoms with E-state index in [0.29, 0.717) is 0 Å². The van der Waals surface area contributed by atoms with Crippen LogP contribution in [0.2, 0.25) is 0 Å². The van der Waals surface area contributed by atoms with E-state index in [2.05, 4.69) is 189 Å². The largest absolute Gasteiger partial charge is 0.264 e. The van der Waals surface area contributed by atoms with Gasteiger partial charge in [-0.2, -0.15) is 0 Å². The quantitative estimate of drug-likeness (QED) is 0.170. The Balaban J connectivity index is 1.31. The van der Waals surface area contributed by atoms with Crippen molar-refractivity contribution in [3.8, 4) is 44.5 Å². The highest BCUT2D eigenvalue weighted by Crippen LogP contribution is 2.52. The first kappa shape index (κ1) is 30.1. The van der Waals surface area contributed by atoms with Crippen LogP contribution in [-0.2, 0) is 5.41 Å². The lowest BCUT2D eigenvalue weighted by Crippen LogP contribution is -2.14. The van der Waals surface area contributed by atoms with Gasteiger partial charge in [-0.1, -0.05) is 153 Å². The highest BCUT2D eigenvalue weighted by Gasteiger charge is 2.35. The summed E-state index contributed by atoms with van der Waals surface area (Å²) in [5.74, 6) is 0. The van der Waals surface area contributed by atoms with Crippen molar-refractivity contribution in [2.75, 3.05) is 0 Å². The van der Waals surface area contributed by atoms with E-state index in [-0.39, 0.29) is 5.41 Å². The SMILES string of the molecule is CC1(C)c2ccccc2-c2cc(-c3c4ccccc4c(-c4c5ccccc5cc5ccncc45)c4ccc(-c5cccc6ccccc56)cc34)ccc21. The standard InChI is InChI=1S/C52H35N/c1-52(2)47-21-10-9-17-40(47)44-30-36(23-25-48(44)52)49-41-18-7-8-19-42(41)51(50-39-16-6-4-13-33(39)28-35-26-27-53-31-46(35)50)43-24-22-34(29-45(43)49)38-20-11-14-32-12-3-5-15-37(32)38/h3-31H,1-2H3. The predicted molar refractivity (Wildman–Crippen MR) is 226 cm³/mol. The molecule has 1 aromatic heterocycles. The van der Waals surface area contributed by atoms with Crippen LogP contribution in [0.4, 0.5) is 0 Å². The van der Waals surface area contributed by atoms with Crippen LogP contribution in [0.25, 0.3) is 98.4 Å². The third-order valence-electron chi connectivity index (χ3n) is 11.9. The van der Waals surface area contributed by atoms with Crippen LogP contribution < -0.4 is 0 Å². The molecule has 1 aliphatic rings. The number of aromatic nitrogens is 1. The summed E-state index contributed by atoms with van der Waals surface area (Å²) in [6.45, 7) is 4.72. The number of rotatable bonds is 3. The molecule has 1 aliphatic carbocycles. The fourth-order valence-electron chi connectivity index (χ4n) is 9.45. The number of nitrogens with zero attached hydrogens (tertiary/aromatic N) is 1. The molecule has 0 radical (unpaired) electrons. The molecular formula is C52H35N. The minimum Gasteiger partial charge on any atom is -0.264 e. The first-order chi connectivity index (χ1) is 26.1. The highest BCUT2D eigenvalue weighted by molar-refractivity contribution is 6.27. The van der Waals surface area contributed by atoms with Crippen LogP contribution in [-0.4, -0.2) is 4.98 Å². The number of hydrogen-bond donors (Lipinski definition) is 0. The summed E-state index contributed by atoms with van der Waals surface area (Å²) >= 11 is 0. The van der Waals surface area contributed by atoms with E-state index < -0.39 is 0 Å². The van der Waals surface area contributed by atoms with Crippen molar-refractivity contribution in [3.05, 3.63) is 187 Å². The van der Waals surface area contributed by atoms with Gasteiger partial charge in [-0.15, -0.1) is 0 Å². The van der Waals surface area contributed by atoms with Crippen molar-refractivity contribution in [2.24, 2.45) is 0 Å². The van der Waals surface area contributed by atoms with Crippen molar-refractivity contribution in [3.63, 3.8) is 0 Å². The van der Waals surface area contributed by atoms with Crippen LogP contribution in [0.15, 0.2) is 176 Å². The van der Waals surface area contributed by atoms with Crippen molar-refractivity contribution >= 4 is 53.9 Å². The molecule has 0 amide bonds. The summed E-state index contributed by atoms with van der Waals surface area (Å²) in [5, 5.41) is 12.3. The molecule has 1 nitrogen and oxygen atoms in total. The molecule has 1 heteroatoms. The Labute approximate surface area is 308 Å². The van der Waals surface area contributed by atoms with Gasteiger partial charge in [0.15, 0.2) is 0 Å². The third kappa shape index (κ3) is 4.35. The number of benzene rings is 9. The van der Waals surface area contributed by atoms with Gasteiger partial charge < -0.3 is 0 Å². The molecule has 0 aliphatic heterocycles. The minimum absolute atomic E-state index is 0.0521. The Morgan fingerprint density at radius 3 is 1.83 bits per heavy atom. The molecule has 0 saturated carbocycles. The summed E-state index contributed by atoms with van der Waals surface area (Å²) in [5.41, 5.74) is 12.9. The summed E-state index contributed by atoms with van der Waals surface area (Å²) in [6, 6.07) is 61.0. The maximum Gasteiger partial charge on any atom is 0.0352 e. The zero-order valence-corrected chi connectivity index (χ0v) is 29.7. The van der Waals surface area contributed by atoms with Crippen LogP contribution in [0.5, 0.6) is 0 Å². The highest BCUT2D eigenvalue weighted by atomic mass is 14.6. The van der Waals surface area contributed by atoms with E-state index in [4.69, 9.17) is 0 Å². The van der Waals surface area contributed by atoms with Gasteiger partial charge in [0.05, 0.1) is 0 Å². The fourth-order valence-corrected chi connectivity index (χ4v) is 9.45. The Morgan fingerprint density at radius 1 is 0.358 bits per heavy atom. The molecular weight excluding hydrogens is 639 g/mol. The molecule has 0 saturated heterocycles. The normalized spacial score (nSPS) is 13.2. The number of pyridine rings is 1. The van der Waals surface area contributed by atoms with E-state index in [9.17, 15) is 0 Å². The summed E-state index contributed by atoms with van der Waals surface area (Å²) < 4.78 is 0. The Bertz CT molecular complexity index is 3090. The van der Waals surface area contributed by atoms with Crippen LogP contribution in [0.1, 0.15) is 25.0 Å². The lowest BCUT2D eigenvalue weighted by atomic mass is 9.80. The molecule has 0 bridgehead atoms. The van der Waals surface area contributed by atoms with Gasteiger partial charge in [0.25, 0.3) is 0 Å². The maximum atomic E-state index is 4.68. The van der Waals surface area contributed by atoms with Crippen molar-refractivity contribution in [1.29, 1.82) is 0 Å². The van der Waals surface area contributed by atoms with E-state index >= 15 is 0 Å². The minimum atomic E-state index is -0.0521. The molecule has 10 aromatic rings. The molecule has 0 spiro atoms. The summed E-state index contributed by atoms with van der Waals surface area (Å²) in [7, 11) is 0. The Kier molecular flexibility index (Phi) is 6.37. The van der Waals surface area contributed by atoms with E-state index in [0.717, 1.165) is 0 Å². The van der Waals surface area contributed by atoms with E-state index in [1.54, 1.807) is 0 Å². The molecule has 0 atom stereocenters. The lowest BCUT2D eigenvalue weighted by molar-refractivity contribution is 0.660. The average molecular weight is 674 g/mol. The molecule has 53 heavy (non-hydrogen) atoms. The van der Waals surface area contributed by atoms with Crippen LogP contribution >= 0.6 is 0 Å². The topological polar surface area (TPSA) is 12.9 Å². The van der Waals surface area contributed by atoms with Gasteiger partial charge in [0.1, 0.15) is 0 Å². The van der Waals surface area contributed by atoms with Crippen molar-refractivity contribution in [1.82, 2.24) is 4.98 Å². The van der Waals surface area contributed by atoms with Gasteiger partial charge >= 0.3 is 0 Å². The predicted octanol–water partition coefficient (Wildman–Crippen LogP) is 14.2. The first-order valence-corrected chi connectivity index (χ1v) is 18.5. The van der Waals surface area contributed by atoms with Gasteiger partial charge in [-0.05, 0) is 123 Å². The lowest BCUT2D eigenvalue weighted by Gasteiger charge is -2.23.